The lowest BCUT2D eigenvalue weighted by molar-refractivity contribution is -0.272. The first kappa shape index (κ1) is 39.8. The van der Waals surface area contributed by atoms with Gasteiger partial charge in [0.2, 0.25) is 0 Å². The van der Waals surface area contributed by atoms with Crippen LogP contribution in [-0.2, 0) is 15.9 Å². The number of aliphatic hydroxyl groups is 1. The van der Waals surface area contributed by atoms with Gasteiger partial charge in [0.05, 0.1) is 44.5 Å². The van der Waals surface area contributed by atoms with Crippen LogP contribution in [0.4, 0.5) is 0 Å². The summed E-state index contributed by atoms with van der Waals surface area (Å²) < 4.78 is 42.5. The highest BCUT2D eigenvalue weighted by Crippen LogP contribution is 2.70. The zero-order valence-electron chi connectivity index (χ0n) is 36.5. The second-order valence-corrected chi connectivity index (χ2v) is 20.8. The van der Waals surface area contributed by atoms with Crippen LogP contribution < -0.4 is 23.7 Å². The Kier molecular flexibility index (Phi) is 9.73. The average Bonchev–Trinajstić information content (AvgIpc) is 3.88. The van der Waals surface area contributed by atoms with Gasteiger partial charge in [0.1, 0.15) is 36.1 Å². The van der Waals surface area contributed by atoms with E-state index in [1.54, 1.807) is 25.9 Å². The maximum Gasteiger partial charge on any atom is 0.178 e. The minimum Gasteiger partial charge on any atom is -0.493 e. The highest BCUT2D eigenvalue weighted by atomic mass is 16.7. The smallest absolute Gasteiger partial charge is 0.178 e. The standard InChI is InChI=1S/C27H42O3.C23H24O6/c1-16-7-12-27(29-15-16)17(2)24-23(30-27)14-22-20-6-5-18-13-19(28)8-10-25(18,3)21(20)9-11-26(22,24)4;1-11(2)16-8-14-15(28-16)6-5-12-22(24)21-13-7-18(25-3)19(26-4)9-17(13)27-10-20(21)29-23(12)14/h9,16-20,22-24,28H,5-8,10-15H2,1-4H3;5-7,9,11,16,20-21H,8,10H2,1-4H3. The lowest BCUT2D eigenvalue weighted by Gasteiger charge is -2.57. The first-order chi connectivity index (χ1) is 28.3. The van der Waals surface area contributed by atoms with Gasteiger partial charge in [-0.2, -0.15) is 0 Å². The SMILES string of the molecule is CC1CCC2(OC1)OC1CC3C4CCC5CC(O)CCC5(C)C4=CCC3(C)C1C2C.COc1cc2c(cc1OC)C1C(=O)c3ccc4c(c3OC1CO2)CC(C(C)C)O4. The Labute approximate surface area is 350 Å². The Morgan fingerprint density at radius 3 is 2.44 bits per heavy atom. The molecule has 2 aromatic rings. The third-order valence-electron chi connectivity index (χ3n) is 17.4. The van der Waals surface area contributed by atoms with Crippen LogP contribution in [0.15, 0.2) is 35.9 Å². The van der Waals surface area contributed by atoms with Crippen molar-refractivity contribution in [2.45, 2.75) is 142 Å². The number of aliphatic hydroxyl groups excluding tert-OH is 1. The van der Waals surface area contributed by atoms with Crippen LogP contribution in [0.25, 0.3) is 0 Å². The highest BCUT2D eigenvalue weighted by Gasteiger charge is 2.68. The molecule has 5 fully saturated rings. The molecule has 11 rings (SSSR count). The van der Waals surface area contributed by atoms with Gasteiger partial charge in [0, 0.05) is 36.0 Å². The third kappa shape index (κ3) is 6.04. The van der Waals surface area contributed by atoms with Gasteiger partial charge in [-0.3, -0.25) is 4.79 Å². The monoisotopic (exact) mass is 810 g/mol. The summed E-state index contributed by atoms with van der Waals surface area (Å²) in [4.78, 5) is 13.5. The van der Waals surface area contributed by atoms with Crippen molar-refractivity contribution in [2.75, 3.05) is 27.4 Å². The summed E-state index contributed by atoms with van der Waals surface area (Å²) in [5.41, 5.74) is 4.83. The molecule has 9 nitrogen and oxygen atoms in total. The molecule has 5 heterocycles. The number of benzene rings is 2. The van der Waals surface area contributed by atoms with E-state index in [-0.39, 0.29) is 29.9 Å². The lowest BCUT2D eigenvalue weighted by Crippen LogP contribution is -2.50. The molecule has 0 bridgehead atoms. The zero-order chi connectivity index (χ0) is 41.2. The molecule has 2 saturated heterocycles. The Hall–Kier alpha value is -3.27. The van der Waals surface area contributed by atoms with Crippen LogP contribution in [0.3, 0.4) is 0 Å². The number of carbonyl (C=O) groups is 1. The van der Waals surface area contributed by atoms with Gasteiger partial charge in [-0.1, -0.05) is 53.2 Å². The maximum atomic E-state index is 13.5. The fourth-order valence-corrected chi connectivity index (χ4v) is 14.0. The molecule has 1 N–H and O–H groups in total. The summed E-state index contributed by atoms with van der Waals surface area (Å²) in [5.74, 6) is 6.92. The van der Waals surface area contributed by atoms with E-state index in [1.165, 1.54) is 38.5 Å². The number of hydrogen-bond acceptors (Lipinski definition) is 9. The topological polar surface area (TPSA) is 102 Å². The number of carbonyl (C=O) groups excluding carboxylic acids is 1. The van der Waals surface area contributed by atoms with Crippen molar-refractivity contribution in [3.8, 4) is 28.7 Å². The van der Waals surface area contributed by atoms with Crippen LogP contribution in [0.2, 0.25) is 0 Å². The first-order valence-electron chi connectivity index (χ1n) is 22.9. The number of allylic oxidation sites excluding steroid dienone is 2. The number of ether oxygens (including phenoxy) is 7. The summed E-state index contributed by atoms with van der Waals surface area (Å²) in [6.45, 7) is 15.3. The minimum absolute atomic E-state index is 0.0452. The zero-order valence-corrected chi connectivity index (χ0v) is 36.5. The number of Topliss-reactive ketones (excluding diaryl/α,β-unsaturated/α-hetero) is 1. The van der Waals surface area contributed by atoms with E-state index in [2.05, 4.69) is 47.6 Å². The maximum absolute atomic E-state index is 13.5. The van der Waals surface area contributed by atoms with Crippen LogP contribution in [0, 0.1) is 52.3 Å². The Morgan fingerprint density at radius 1 is 0.898 bits per heavy atom. The fraction of sp³-hybridized carbons (Fsp3) is 0.700. The van der Waals surface area contributed by atoms with Crippen LogP contribution in [0.5, 0.6) is 28.7 Å². The largest absolute Gasteiger partial charge is 0.493 e. The number of fused-ring (bicyclic) bond motifs is 13. The van der Waals surface area contributed by atoms with E-state index in [9.17, 15) is 9.90 Å². The molecule has 320 valence electrons. The minimum atomic E-state index is -0.438. The molecule has 14 unspecified atom stereocenters. The molecule has 9 heteroatoms. The van der Waals surface area contributed by atoms with Crippen LogP contribution in [0.1, 0.15) is 127 Å². The van der Waals surface area contributed by atoms with Crippen molar-refractivity contribution in [3.05, 3.63) is 52.6 Å². The molecule has 5 aliphatic heterocycles. The number of ketones is 1. The molecule has 0 aromatic heterocycles. The van der Waals surface area contributed by atoms with Gasteiger partial charge in [-0.05, 0) is 116 Å². The van der Waals surface area contributed by atoms with Gasteiger partial charge in [-0.15, -0.1) is 0 Å². The molecule has 4 aliphatic carbocycles. The van der Waals surface area contributed by atoms with Crippen molar-refractivity contribution in [1.82, 2.24) is 0 Å². The second kappa shape index (κ2) is 14.4. The second-order valence-electron chi connectivity index (χ2n) is 20.8. The van der Waals surface area contributed by atoms with Crippen LogP contribution >= 0.6 is 0 Å². The van der Waals surface area contributed by atoms with Crippen molar-refractivity contribution < 1.29 is 43.1 Å². The molecule has 9 aliphatic rings. The quantitative estimate of drug-likeness (QED) is 0.304. The molecule has 59 heavy (non-hydrogen) atoms. The summed E-state index contributed by atoms with van der Waals surface area (Å²) in [7, 11) is 3.16. The Balaban J connectivity index is 0.000000143. The van der Waals surface area contributed by atoms with Gasteiger partial charge in [-0.25, -0.2) is 0 Å². The predicted octanol–water partition coefficient (Wildman–Crippen LogP) is 9.50. The first-order valence-corrected chi connectivity index (χ1v) is 22.9. The number of methoxy groups -OCH3 is 2. The number of rotatable bonds is 3. The van der Waals surface area contributed by atoms with Crippen molar-refractivity contribution in [3.63, 3.8) is 0 Å². The van der Waals surface area contributed by atoms with Crippen LogP contribution in [-0.4, -0.2) is 68.5 Å². The molecule has 0 amide bonds. The van der Waals surface area contributed by atoms with E-state index in [0.29, 0.717) is 81.7 Å². The van der Waals surface area contributed by atoms with E-state index in [1.807, 2.05) is 18.2 Å². The van der Waals surface area contributed by atoms with Crippen molar-refractivity contribution >= 4 is 5.78 Å². The molecular formula is C50H66O9. The molecule has 2 aromatic carbocycles. The van der Waals surface area contributed by atoms with Gasteiger partial charge in [0.15, 0.2) is 23.1 Å². The summed E-state index contributed by atoms with van der Waals surface area (Å²) in [6.07, 6.45) is 14.1. The molecule has 14 atom stereocenters. The Bertz CT molecular complexity index is 2010. The van der Waals surface area contributed by atoms with E-state index in [4.69, 9.17) is 33.2 Å². The van der Waals surface area contributed by atoms with Crippen molar-refractivity contribution in [1.29, 1.82) is 0 Å². The van der Waals surface area contributed by atoms with Gasteiger partial charge >= 0.3 is 0 Å². The summed E-state index contributed by atoms with van der Waals surface area (Å²) in [6, 6.07) is 7.32. The predicted molar refractivity (Wildman–Crippen MR) is 224 cm³/mol. The molecular weight excluding hydrogens is 745 g/mol. The highest BCUT2D eigenvalue weighted by molar-refractivity contribution is 6.06. The normalized spacial score (nSPS) is 42.1. The summed E-state index contributed by atoms with van der Waals surface area (Å²) in [5, 5.41) is 10.3. The molecule has 1 spiro atoms. The van der Waals surface area contributed by atoms with Gasteiger partial charge in [0.25, 0.3) is 0 Å². The average molecular weight is 811 g/mol. The summed E-state index contributed by atoms with van der Waals surface area (Å²) >= 11 is 0. The Morgan fingerprint density at radius 2 is 1.69 bits per heavy atom. The van der Waals surface area contributed by atoms with Gasteiger partial charge < -0.3 is 38.3 Å². The lowest BCUT2D eigenvalue weighted by atomic mass is 9.48. The van der Waals surface area contributed by atoms with E-state index < -0.39 is 5.92 Å². The van der Waals surface area contributed by atoms with E-state index in [0.717, 1.165) is 61.0 Å². The molecule has 0 radical (unpaired) electrons. The van der Waals surface area contributed by atoms with E-state index >= 15 is 0 Å². The third-order valence-corrected chi connectivity index (χ3v) is 17.4. The molecule has 3 saturated carbocycles. The number of hydrogen-bond donors (Lipinski definition) is 1. The van der Waals surface area contributed by atoms with Crippen molar-refractivity contribution in [2.24, 2.45) is 52.3 Å². The fourth-order valence-electron chi connectivity index (χ4n) is 14.0.